The van der Waals surface area contributed by atoms with Crippen molar-refractivity contribution in [3.63, 3.8) is 0 Å². The van der Waals surface area contributed by atoms with E-state index in [1.807, 2.05) is 12.1 Å². The fourth-order valence-electron chi connectivity index (χ4n) is 2.04. The highest BCUT2D eigenvalue weighted by Gasteiger charge is 2.11. The number of nitrogens with two attached hydrogens (primary N) is 2. The molecule has 20 heavy (non-hydrogen) atoms. The van der Waals surface area contributed by atoms with Crippen LogP contribution in [0.1, 0.15) is 0 Å². The first-order valence-corrected chi connectivity index (χ1v) is 6.73. The molecule has 0 fully saturated rings. The molecule has 5 heteroatoms. The summed E-state index contributed by atoms with van der Waals surface area (Å²) in [5.74, 6) is 0.490. The summed E-state index contributed by atoms with van der Waals surface area (Å²) >= 11 is 3.30. The molecule has 0 unspecified atom stereocenters. The molecule has 0 aliphatic rings. The van der Waals surface area contributed by atoms with Gasteiger partial charge in [-0.25, -0.2) is 0 Å². The van der Waals surface area contributed by atoms with Crippen LogP contribution in [0.2, 0.25) is 0 Å². The Labute approximate surface area is 123 Å². The molecule has 1 heterocycles. The van der Waals surface area contributed by atoms with Gasteiger partial charge in [-0.05, 0) is 52.3 Å². The zero-order valence-electron chi connectivity index (χ0n) is 10.4. The molecule has 0 aliphatic heterocycles. The Morgan fingerprint density at radius 2 is 1.70 bits per heavy atom. The SMILES string of the molecule is Nc1ccc(-c2cc(=O)c3c(N)c(Br)ccc3o2)cc1. The zero-order valence-corrected chi connectivity index (χ0v) is 12.0. The molecule has 100 valence electrons. The van der Waals surface area contributed by atoms with Gasteiger partial charge >= 0.3 is 0 Å². The van der Waals surface area contributed by atoms with Gasteiger partial charge in [0.05, 0.1) is 11.1 Å². The van der Waals surface area contributed by atoms with E-state index in [-0.39, 0.29) is 5.43 Å². The third kappa shape index (κ3) is 2.06. The van der Waals surface area contributed by atoms with E-state index in [1.54, 1.807) is 24.3 Å². The highest BCUT2D eigenvalue weighted by Crippen LogP contribution is 2.29. The molecule has 0 saturated heterocycles. The molecule has 0 radical (unpaired) electrons. The van der Waals surface area contributed by atoms with Gasteiger partial charge in [-0.15, -0.1) is 0 Å². The number of nitrogen functional groups attached to an aromatic ring is 2. The first kappa shape index (κ1) is 12.7. The predicted octanol–water partition coefficient (Wildman–Crippen LogP) is 3.39. The molecule has 4 N–H and O–H groups in total. The maximum Gasteiger partial charge on any atom is 0.195 e. The molecule has 3 rings (SSSR count). The van der Waals surface area contributed by atoms with E-state index in [0.29, 0.717) is 32.6 Å². The van der Waals surface area contributed by atoms with Crippen LogP contribution in [0.25, 0.3) is 22.3 Å². The summed E-state index contributed by atoms with van der Waals surface area (Å²) in [5.41, 5.74) is 13.7. The number of hydrogen-bond donors (Lipinski definition) is 2. The van der Waals surface area contributed by atoms with Gasteiger partial charge in [-0.2, -0.15) is 0 Å². The topological polar surface area (TPSA) is 82.2 Å². The normalized spacial score (nSPS) is 10.8. The average Bonchev–Trinajstić information content (AvgIpc) is 2.43. The number of anilines is 2. The summed E-state index contributed by atoms with van der Waals surface area (Å²) in [6.45, 7) is 0. The predicted molar refractivity (Wildman–Crippen MR) is 84.4 cm³/mol. The van der Waals surface area contributed by atoms with Crippen LogP contribution in [0.3, 0.4) is 0 Å². The molecule has 4 nitrogen and oxygen atoms in total. The smallest absolute Gasteiger partial charge is 0.195 e. The van der Waals surface area contributed by atoms with Gasteiger partial charge in [0.2, 0.25) is 0 Å². The largest absolute Gasteiger partial charge is 0.456 e. The lowest BCUT2D eigenvalue weighted by molar-refractivity contribution is 0.619. The van der Waals surface area contributed by atoms with E-state index in [2.05, 4.69) is 15.9 Å². The van der Waals surface area contributed by atoms with E-state index in [1.165, 1.54) is 6.07 Å². The first-order chi connectivity index (χ1) is 9.56. The summed E-state index contributed by atoms with van der Waals surface area (Å²) in [6.07, 6.45) is 0. The highest BCUT2D eigenvalue weighted by molar-refractivity contribution is 9.10. The van der Waals surface area contributed by atoms with Crippen molar-refractivity contribution in [1.29, 1.82) is 0 Å². The van der Waals surface area contributed by atoms with Crippen LogP contribution >= 0.6 is 15.9 Å². The third-order valence-electron chi connectivity index (χ3n) is 3.08. The molecule has 3 aromatic rings. The standard InChI is InChI=1S/C15H11BrN2O2/c16-10-5-6-12-14(15(10)18)11(19)7-13(20-12)8-1-3-9(17)4-2-8/h1-7H,17-18H2. The summed E-state index contributed by atoms with van der Waals surface area (Å²) in [6, 6.07) is 12.1. The van der Waals surface area contributed by atoms with E-state index in [0.717, 1.165) is 5.56 Å². The van der Waals surface area contributed by atoms with Gasteiger partial charge in [-0.1, -0.05) is 0 Å². The van der Waals surface area contributed by atoms with Crippen LogP contribution in [-0.4, -0.2) is 0 Å². The number of halogens is 1. The third-order valence-corrected chi connectivity index (χ3v) is 3.77. The second kappa shape index (κ2) is 4.68. The second-order valence-electron chi connectivity index (χ2n) is 4.43. The van der Waals surface area contributed by atoms with E-state index in [4.69, 9.17) is 15.9 Å². The van der Waals surface area contributed by atoms with Crippen molar-refractivity contribution in [3.8, 4) is 11.3 Å². The van der Waals surface area contributed by atoms with Gasteiger partial charge in [0.15, 0.2) is 5.43 Å². The maximum atomic E-state index is 12.2. The van der Waals surface area contributed by atoms with Gasteiger partial charge in [0.1, 0.15) is 11.3 Å². The lowest BCUT2D eigenvalue weighted by Crippen LogP contribution is -2.04. The lowest BCUT2D eigenvalue weighted by Gasteiger charge is -2.06. The fourth-order valence-corrected chi connectivity index (χ4v) is 2.37. The van der Waals surface area contributed by atoms with Crippen LogP contribution in [0.15, 0.2) is 56.1 Å². The van der Waals surface area contributed by atoms with Crippen LogP contribution in [-0.2, 0) is 0 Å². The minimum absolute atomic E-state index is 0.170. The van der Waals surface area contributed by atoms with Crippen LogP contribution in [0, 0.1) is 0 Å². The first-order valence-electron chi connectivity index (χ1n) is 5.94. The van der Waals surface area contributed by atoms with Crippen molar-refractivity contribution in [1.82, 2.24) is 0 Å². The van der Waals surface area contributed by atoms with E-state index >= 15 is 0 Å². The molecule has 0 atom stereocenters. The number of rotatable bonds is 1. The molecular weight excluding hydrogens is 320 g/mol. The quantitative estimate of drug-likeness (QED) is 0.670. The monoisotopic (exact) mass is 330 g/mol. The summed E-state index contributed by atoms with van der Waals surface area (Å²) < 4.78 is 6.44. The minimum Gasteiger partial charge on any atom is -0.456 e. The van der Waals surface area contributed by atoms with Crippen molar-refractivity contribution < 1.29 is 4.42 Å². The molecule has 0 saturated carbocycles. The summed E-state index contributed by atoms with van der Waals surface area (Å²) in [4.78, 5) is 12.2. The molecule has 0 spiro atoms. The number of hydrogen-bond acceptors (Lipinski definition) is 4. The van der Waals surface area contributed by atoms with Gasteiger partial charge in [0.25, 0.3) is 0 Å². The molecule has 0 bridgehead atoms. The minimum atomic E-state index is -0.170. The summed E-state index contributed by atoms with van der Waals surface area (Å²) in [5, 5.41) is 0.388. The van der Waals surface area contributed by atoms with Gasteiger partial charge in [0, 0.05) is 21.8 Å². The zero-order chi connectivity index (χ0) is 14.3. The molecule has 0 amide bonds. The Balaban J connectivity index is 2.28. The maximum absolute atomic E-state index is 12.2. The lowest BCUT2D eigenvalue weighted by atomic mass is 10.1. The van der Waals surface area contributed by atoms with Crippen molar-refractivity contribution in [2.45, 2.75) is 0 Å². The van der Waals surface area contributed by atoms with Crippen molar-refractivity contribution in [3.05, 3.63) is 57.2 Å². The van der Waals surface area contributed by atoms with Crippen molar-refractivity contribution in [2.24, 2.45) is 0 Å². The Bertz CT molecular complexity index is 854. The van der Waals surface area contributed by atoms with Gasteiger partial charge in [-0.3, -0.25) is 4.79 Å². The molecule has 0 aliphatic carbocycles. The molecule has 1 aromatic heterocycles. The van der Waals surface area contributed by atoms with Gasteiger partial charge < -0.3 is 15.9 Å². The Hall–Kier alpha value is -2.27. The van der Waals surface area contributed by atoms with Crippen molar-refractivity contribution in [2.75, 3.05) is 11.5 Å². The fraction of sp³-hybridized carbons (Fsp3) is 0. The Morgan fingerprint density at radius 3 is 2.40 bits per heavy atom. The van der Waals surface area contributed by atoms with Crippen LogP contribution < -0.4 is 16.9 Å². The van der Waals surface area contributed by atoms with Crippen molar-refractivity contribution >= 4 is 38.3 Å². The molecule has 2 aromatic carbocycles. The average molecular weight is 331 g/mol. The number of fused-ring (bicyclic) bond motifs is 1. The van der Waals surface area contributed by atoms with E-state index in [9.17, 15) is 4.79 Å². The number of benzene rings is 2. The van der Waals surface area contributed by atoms with Crippen LogP contribution in [0.4, 0.5) is 11.4 Å². The van der Waals surface area contributed by atoms with Crippen LogP contribution in [0.5, 0.6) is 0 Å². The Morgan fingerprint density at radius 1 is 1.00 bits per heavy atom. The molecular formula is C15H11BrN2O2. The second-order valence-corrected chi connectivity index (χ2v) is 5.29. The highest BCUT2D eigenvalue weighted by atomic mass is 79.9. The van der Waals surface area contributed by atoms with E-state index < -0.39 is 0 Å². The Kier molecular flexibility index (Phi) is 2.99. The summed E-state index contributed by atoms with van der Waals surface area (Å²) in [7, 11) is 0.